The highest BCUT2D eigenvalue weighted by Gasteiger charge is 2.14. The van der Waals surface area contributed by atoms with E-state index in [0.717, 1.165) is 33.6 Å². The number of pyridine rings is 2. The highest BCUT2D eigenvalue weighted by Crippen LogP contribution is 2.32. The minimum atomic E-state index is 0.112. The number of benzene rings is 4. The normalized spacial score (nSPS) is 10.9. The molecule has 0 atom stereocenters. The highest BCUT2D eigenvalue weighted by molar-refractivity contribution is 6.28. The molecule has 0 amide bonds. The van der Waals surface area contributed by atoms with Crippen LogP contribution in [0.5, 0.6) is 0 Å². The van der Waals surface area contributed by atoms with Crippen LogP contribution >= 0.6 is 11.6 Å². The van der Waals surface area contributed by atoms with Crippen LogP contribution in [-0.2, 0) is 0 Å². The molecule has 0 fully saturated rings. The summed E-state index contributed by atoms with van der Waals surface area (Å²) in [7, 11) is 0. The SMILES string of the molecule is Clc1nc(-c2ccccc2)nc(-c2cccc(-c3cc(-c4ccc(-c5ccccc5)cc4)cc(-c4ccccc4)n3)n2)n1. The van der Waals surface area contributed by atoms with Gasteiger partial charge in [-0.3, -0.25) is 0 Å². The predicted molar refractivity (Wildman–Crippen MR) is 173 cm³/mol. The summed E-state index contributed by atoms with van der Waals surface area (Å²) in [5.74, 6) is 0.893. The average Bonchev–Trinajstić information content (AvgIpc) is 3.09. The monoisotopic (exact) mass is 573 g/mol. The number of halogens is 1. The Morgan fingerprint density at radius 2 is 0.791 bits per heavy atom. The lowest BCUT2D eigenvalue weighted by Gasteiger charge is -2.11. The van der Waals surface area contributed by atoms with Crippen molar-refractivity contribution < 1.29 is 0 Å². The van der Waals surface area contributed by atoms with Crippen LogP contribution in [0.15, 0.2) is 146 Å². The highest BCUT2D eigenvalue weighted by atomic mass is 35.5. The van der Waals surface area contributed by atoms with Crippen molar-refractivity contribution in [2.75, 3.05) is 0 Å². The number of hydrogen-bond acceptors (Lipinski definition) is 5. The molecule has 0 aliphatic carbocycles. The third-order valence-corrected chi connectivity index (χ3v) is 7.27. The van der Waals surface area contributed by atoms with Gasteiger partial charge in [-0.2, -0.15) is 9.97 Å². The fourth-order valence-corrected chi connectivity index (χ4v) is 5.11. The van der Waals surface area contributed by atoms with E-state index in [2.05, 4.69) is 87.7 Å². The lowest BCUT2D eigenvalue weighted by Crippen LogP contribution is -1.99. The third kappa shape index (κ3) is 5.80. The standard InChI is InChI=1S/C37H24ClN5/c38-37-42-35(29-15-8-3-9-16-29)41-36(43-37)32-18-10-17-31(39-32)34-24-30(23-33(40-34)28-13-6-2-7-14-28)27-21-19-26(20-22-27)25-11-4-1-5-12-25/h1-24H. The zero-order valence-corrected chi connectivity index (χ0v) is 23.7. The van der Waals surface area contributed by atoms with Crippen molar-refractivity contribution in [3.8, 4) is 67.8 Å². The van der Waals surface area contributed by atoms with E-state index in [4.69, 9.17) is 21.6 Å². The first-order chi connectivity index (χ1) is 21.2. The maximum atomic E-state index is 6.33. The molecule has 3 heterocycles. The molecule has 204 valence electrons. The van der Waals surface area contributed by atoms with Gasteiger partial charge in [0.15, 0.2) is 11.6 Å². The summed E-state index contributed by atoms with van der Waals surface area (Å²) < 4.78 is 0. The van der Waals surface area contributed by atoms with Crippen molar-refractivity contribution in [1.29, 1.82) is 0 Å². The van der Waals surface area contributed by atoms with Crippen molar-refractivity contribution >= 4 is 11.6 Å². The molecule has 0 bridgehead atoms. The molecule has 7 rings (SSSR count). The fourth-order valence-electron chi connectivity index (χ4n) is 4.95. The van der Waals surface area contributed by atoms with E-state index in [1.165, 1.54) is 11.1 Å². The Balaban J connectivity index is 1.31. The molecule has 0 N–H and O–H groups in total. The largest absolute Gasteiger partial charge is 0.246 e. The summed E-state index contributed by atoms with van der Waals surface area (Å²) in [4.78, 5) is 23.4. The summed E-state index contributed by atoms with van der Waals surface area (Å²) in [6.07, 6.45) is 0. The molecule has 0 saturated carbocycles. The minimum Gasteiger partial charge on any atom is -0.246 e. The maximum Gasteiger partial charge on any atom is 0.226 e. The van der Waals surface area contributed by atoms with E-state index in [9.17, 15) is 0 Å². The summed E-state index contributed by atoms with van der Waals surface area (Å²) >= 11 is 6.33. The van der Waals surface area contributed by atoms with Crippen LogP contribution in [0.4, 0.5) is 0 Å². The number of hydrogen-bond donors (Lipinski definition) is 0. The molecule has 6 heteroatoms. The molecule has 0 saturated heterocycles. The quantitative estimate of drug-likeness (QED) is 0.198. The zero-order chi connectivity index (χ0) is 29.0. The van der Waals surface area contributed by atoms with E-state index < -0.39 is 0 Å². The van der Waals surface area contributed by atoms with Crippen molar-refractivity contribution in [3.05, 3.63) is 151 Å². The number of nitrogens with zero attached hydrogens (tertiary/aromatic N) is 5. The molecule has 0 aliphatic rings. The van der Waals surface area contributed by atoms with Crippen LogP contribution in [0.3, 0.4) is 0 Å². The number of aromatic nitrogens is 5. The minimum absolute atomic E-state index is 0.112. The molecule has 0 unspecified atom stereocenters. The van der Waals surface area contributed by atoms with E-state index in [-0.39, 0.29) is 5.28 Å². The Morgan fingerprint density at radius 1 is 0.302 bits per heavy atom. The molecule has 0 radical (unpaired) electrons. The van der Waals surface area contributed by atoms with Gasteiger partial charge in [0, 0.05) is 11.1 Å². The lowest BCUT2D eigenvalue weighted by molar-refractivity contribution is 1.05. The second kappa shape index (κ2) is 11.8. The average molecular weight is 574 g/mol. The smallest absolute Gasteiger partial charge is 0.226 e. The number of rotatable bonds is 6. The first-order valence-electron chi connectivity index (χ1n) is 13.9. The van der Waals surface area contributed by atoms with Crippen LogP contribution in [0.2, 0.25) is 5.28 Å². The maximum absolute atomic E-state index is 6.33. The lowest BCUT2D eigenvalue weighted by atomic mass is 9.98. The van der Waals surface area contributed by atoms with Crippen molar-refractivity contribution in [3.63, 3.8) is 0 Å². The van der Waals surface area contributed by atoms with Crippen LogP contribution < -0.4 is 0 Å². The zero-order valence-electron chi connectivity index (χ0n) is 23.0. The summed E-state index contributed by atoms with van der Waals surface area (Å²) in [6.45, 7) is 0. The van der Waals surface area contributed by atoms with Gasteiger partial charge in [-0.1, -0.05) is 121 Å². The molecular weight excluding hydrogens is 550 g/mol. The topological polar surface area (TPSA) is 64.5 Å². The van der Waals surface area contributed by atoms with Gasteiger partial charge < -0.3 is 0 Å². The van der Waals surface area contributed by atoms with E-state index in [0.29, 0.717) is 23.0 Å². The Kier molecular flexibility index (Phi) is 7.22. The van der Waals surface area contributed by atoms with E-state index in [1.807, 2.05) is 72.8 Å². The van der Waals surface area contributed by atoms with Gasteiger partial charge in [0.05, 0.1) is 17.1 Å². The van der Waals surface area contributed by atoms with Gasteiger partial charge in [-0.25, -0.2) is 15.0 Å². The van der Waals surface area contributed by atoms with Gasteiger partial charge in [0.1, 0.15) is 5.69 Å². The van der Waals surface area contributed by atoms with Gasteiger partial charge >= 0.3 is 0 Å². The van der Waals surface area contributed by atoms with Crippen LogP contribution in [0, 0.1) is 0 Å². The van der Waals surface area contributed by atoms with E-state index in [1.54, 1.807) is 0 Å². The van der Waals surface area contributed by atoms with Crippen LogP contribution in [0.25, 0.3) is 67.8 Å². The molecule has 5 nitrogen and oxygen atoms in total. The van der Waals surface area contributed by atoms with Crippen molar-refractivity contribution in [2.45, 2.75) is 0 Å². The Bertz CT molecular complexity index is 2010. The molecule has 4 aromatic carbocycles. The summed E-state index contributed by atoms with van der Waals surface area (Å²) in [5.41, 5.74) is 9.26. The van der Waals surface area contributed by atoms with Crippen molar-refractivity contribution in [2.24, 2.45) is 0 Å². The van der Waals surface area contributed by atoms with Gasteiger partial charge in [0.2, 0.25) is 5.28 Å². The first kappa shape index (κ1) is 26.4. The Morgan fingerprint density at radius 3 is 1.47 bits per heavy atom. The Hall–Kier alpha value is -5.52. The third-order valence-electron chi connectivity index (χ3n) is 7.10. The second-order valence-electron chi connectivity index (χ2n) is 9.96. The molecule has 3 aromatic heterocycles. The molecule has 0 spiro atoms. The predicted octanol–water partition coefficient (Wildman–Crippen LogP) is 9.32. The van der Waals surface area contributed by atoms with E-state index >= 15 is 0 Å². The van der Waals surface area contributed by atoms with Crippen LogP contribution in [0.1, 0.15) is 0 Å². The first-order valence-corrected chi connectivity index (χ1v) is 14.3. The van der Waals surface area contributed by atoms with Crippen LogP contribution in [-0.4, -0.2) is 24.9 Å². The molecular formula is C37H24ClN5. The van der Waals surface area contributed by atoms with Gasteiger partial charge in [0.25, 0.3) is 0 Å². The van der Waals surface area contributed by atoms with Gasteiger partial charge in [-0.15, -0.1) is 0 Å². The fraction of sp³-hybridized carbons (Fsp3) is 0. The molecule has 43 heavy (non-hydrogen) atoms. The molecule has 7 aromatic rings. The van der Waals surface area contributed by atoms with Gasteiger partial charge in [-0.05, 0) is 58.1 Å². The summed E-state index contributed by atoms with van der Waals surface area (Å²) in [5, 5.41) is 0.112. The van der Waals surface area contributed by atoms with Crippen molar-refractivity contribution in [1.82, 2.24) is 24.9 Å². The molecule has 0 aliphatic heterocycles. The second-order valence-corrected chi connectivity index (χ2v) is 10.3. The summed E-state index contributed by atoms with van der Waals surface area (Å²) in [6, 6.07) is 48.8. The Labute approximate surface area is 254 Å².